The van der Waals surface area contributed by atoms with Crippen molar-refractivity contribution in [1.82, 2.24) is 25.5 Å². The Balaban J connectivity index is 1.67. The van der Waals surface area contributed by atoms with E-state index in [0.29, 0.717) is 17.8 Å². The molecule has 0 saturated heterocycles. The van der Waals surface area contributed by atoms with Crippen molar-refractivity contribution in [1.29, 1.82) is 0 Å². The molecule has 3 rings (SSSR count). The minimum absolute atomic E-state index is 0.0132. The van der Waals surface area contributed by atoms with E-state index in [2.05, 4.69) is 30.8 Å². The standard InChI is InChI=1S/C19H22N6O/c1-12(10-16-11-13(2)24-25-16)23-19(26)15-6-4-14(5-7-15)17-18(20-3)22-9-8-21-17/h4-9,11-12H,10H2,1-3H3,(H,20,22)(H,23,26)(H,24,25). The van der Waals surface area contributed by atoms with E-state index in [4.69, 9.17) is 0 Å². The number of hydrogen-bond donors (Lipinski definition) is 3. The maximum absolute atomic E-state index is 12.4. The van der Waals surface area contributed by atoms with Crippen LogP contribution in [-0.2, 0) is 6.42 Å². The lowest BCUT2D eigenvalue weighted by Gasteiger charge is -2.13. The van der Waals surface area contributed by atoms with Gasteiger partial charge >= 0.3 is 0 Å². The molecule has 7 nitrogen and oxygen atoms in total. The van der Waals surface area contributed by atoms with Gasteiger partial charge in [-0.3, -0.25) is 14.9 Å². The van der Waals surface area contributed by atoms with Gasteiger partial charge in [-0.25, -0.2) is 4.98 Å². The van der Waals surface area contributed by atoms with Crippen LogP contribution in [0, 0.1) is 6.92 Å². The third-order valence-electron chi connectivity index (χ3n) is 4.01. The van der Waals surface area contributed by atoms with Gasteiger partial charge in [-0.2, -0.15) is 5.10 Å². The number of nitrogens with one attached hydrogen (secondary N) is 3. The molecule has 0 aliphatic carbocycles. The Kier molecular flexibility index (Phi) is 5.26. The third kappa shape index (κ3) is 4.05. The molecule has 0 spiro atoms. The summed E-state index contributed by atoms with van der Waals surface area (Å²) in [7, 11) is 1.80. The first-order chi connectivity index (χ1) is 12.6. The second kappa shape index (κ2) is 7.77. The van der Waals surface area contributed by atoms with Crippen molar-refractivity contribution in [2.75, 3.05) is 12.4 Å². The third-order valence-corrected chi connectivity index (χ3v) is 4.01. The SMILES string of the molecule is CNc1nccnc1-c1ccc(C(=O)NC(C)Cc2cc(C)[nH]n2)cc1. The van der Waals surface area contributed by atoms with Gasteiger partial charge in [-0.05, 0) is 32.0 Å². The average Bonchev–Trinajstić information content (AvgIpc) is 3.06. The highest BCUT2D eigenvalue weighted by Crippen LogP contribution is 2.23. The van der Waals surface area contributed by atoms with E-state index in [1.54, 1.807) is 31.6 Å². The molecule has 7 heteroatoms. The van der Waals surface area contributed by atoms with E-state index < -0.39 is 0 Å². The van der Waals surface area contributed by atoms with Gasteiger partial charge in [0.1, 0.15) is 5.69 Å². The number of H-pyrrole nitrogens is 1. The fourth-order valence-corrected chi connectivity index (χ4v) is 2.76. The monoisotopic (exact) mass is 350 g/mol. The highest BCUT2D eigenvalue weighted by molar-refractivity contribution is 5.95. The molecule has 2 aromatic heterocycles. The smallest absolute Gasteiger partial charge is 0.251 e. The maximum atomic E-state index is 12.4. The minimum atomic E-state index is -0.107. The van der Waals surface area contributed by atoms with E-state index in [9.17, 15) is 4.79 Å². The Hall–Kier alpha value is -3.22. The lowest BCUT2D eigenvalue weighted by molar-refractivity contribution is 0.0940. The van der Waals surface area contributed by atoms with Crippen molar-refractivity contribution in [3.8, 4) is 11.3 Å². The molecule has 1 unspecified atom stereocenters. The minimum Gasteiger partial charge on any atom is -0.371 e. The fourth-order valence-electron chi connectivity index (χ4n) is 2.76. The molecular weight excluding hydrogens is 328 g/mol. The molecule has 0 fully saturated rings. The predicted octanol–water partition coefficient (Wildman–Crippen LogP) is 2.58. The first-order valence-electron chi connectivity index (χ1n) is 8.47. The largest absolute Gasteiger partial charge is 0.371 e. The zero-order chi connectivity index (χ0) is 18.5. The van der Waals surface area contributed by atoms with Crippen molar-refractivity contribution in [2.24, 2.45) is 0 Å². The highest BCUT2D eigenvalue weighted by Gasteiger charge is 2.13. The topological polar surface area (TPSA) is 95.6 Å². The summed E-state index contributed by atoms with van der Waals surface area (Å²) >= 11 is 0. The van der Waals surface area contributed by atoms with Crippen LogP contribution in [0.4, 0.5) is 5.82 Å². The van der Waals surface area contributed by atoms with Crippen LogP contribution in [0.1, 0.15) is 28.7 Å². The molecule has 0 saturated carbocycles. The van der Waals surface area contributed by atoms with Crippen LogP contribution in [0.2, 0.25) is 0 Å². The quantitative estimate of drug-likeness (QED) is 0.635. The van der Waals surface area contributed by atoms with Crippen molar-refractivity contribution >= 4 is 11.7 Å². The molecular formula is C19H22N6O. The van der Waals surface area contributed by atoms with Gasteiger partial charge in [0.15, 0.2) is 5.82 Å². The van der Waals surface area contributed by atoms with Gasteiger partial charge in [0.25, 0.3) is 5.91 Å². The number of aromatic nitrogens is 4. The summed E-state index contributed by atoms with van der Waals surface area (Å²) in [5.41, 5.74) is 4.21. The van der Waals surface area contributed by atoms with E-state index in [0.717, 1.165) is 22.6 Å². The number of benzene rings is 1. The molecule has 1 atom stereocenters. The number of rotatable bonds is 6. The van der Waals surface area contributed by atoms with Gasteiger partial charge in [0, 0.05) is 48.7 Å². The maximum Gasteiger partial charge on any atom is 0.251 e. The highest BCUT2D eigenvalue weighted by atomic mass is 16.1. The number of nitrogens with zero attached hydrogens (tertiary/aromatic N) is 3. The van der Waals surface area contributed by atoms with Gasteiger partial charge in [-0.15, -0.1) is 0 Å². The number of anilines is 1. The molecule has 0 radical (unpaired) electrons. The van der Waals surface area contributed by atoms with Crippen LogP contribution in [0.5, 0.6) is 0 Å². The summed E-state index contributed by atoms with van der Waals surface area (Å²) in [4.78, 5) is 21.0. The van der Waals surface area contributed by atoms with Crippen LogP contribution in [-0.4, -0.2) is 39.2 Å². The van der Waals surface area contributed by atoms with Crippen LogP contribution < -0.4 is 10.6 Å². The number of amides is 1. The molecule has 134 valence electrons. The van der Waals surface area contributed by atoms with Gasteiger partial charge in [0.05, 0.1) is 5.69 Å². The Morgan fingerprint density at radius 1 is 1.19 bits per heavy atom. The second-order valence-corrected chi connectivity index (χ2v) is 6.20. The second-order valence-electron chi connectivity index (χ2n) is 6.20. The van der Waals surface area contributed by atoms with Gasteiger partial charge in [0.2, 0.25) is 0 Å². The molecule has 0 aliphatic rings. The van der Waals surface area contributed by atoms with E-state index >= 15 is 0 Å². The molecule has 1 aromatic carbocycles. The molecule has 0 aliphatic heterocycles. The molecule has 26 heavy (non-hydrogen) atoms. The summed E-state index contributed by atoms with van der Waals surface area (Å²) in [6.07, 6.45) is 3.97. The summed E-state index contributed by atoms with van der Waals surface area (Å²) < 4.78 is 0. The summed E-state index contributed by atoms with van der Waals surface area (Å²) in [5.74, 6) is 0.594. The number of carbonyl (C=O) groups is 1. The molecule has 3 N–H and O–H groups in total. The molecule has 3 aromatic rings. The van der Waals surface area contributed by atoms with Crippen molar-refractivity contribution in [3.63, 3.8) is 0 Å². The van der Waals surface area contributed by atoms with Crippen LogP contribution in [0.15, 0.2) is 42.7 Å². The number of hydrogen-bond acceptors (Lipinski definition) is 5. The van der Waals surface area contributed by atoms with Crippen molar-refractivity contribution < 1.29 is 4.79 Å². The number of carbonyl (C=O) groups excluding carboxylic acids is 1. The van der Waals surface area contributed by atoms with Crippen molar-refractivity contribution in [3.05, 3.63) is 59.7 Å². The van der Waals surface area contributed by atoms with E-state index in [1.807, 2.05) is 32.0 Å². The first-order valence-corrected chi connectivity index (χ1v) is 8.47. The van der Waals surface area contributed by atoms with Gasteiger partial charge in [-0.1, -0.05) is 12.1 Å². The van der Waals surface area contributed by atoms with E-state index in [-0.39, 0.29) is 11.9 Å². The molecule has 2 heterocycles. The van der Waals surface area contributed by atoms with Crippen LogP contribution in [0.25, 0.3) is 11.3 Å². The first kappa shape index (κ1) is 17.6. The summed E-state index contributed by atoms with van der Waals surface area (Å²) in [5, 5.41) is 13.1. The molecule has 1 amide bonds. The lowest BCUT2D eigenvalue weighted by atomic mass is 10.1. The lowest BCUT2D eigenvalue weighted by Crippen LogP contribution is -2.34. The normalized spacial score (nSPS) is 11.8. The fraction of sp³-hybridized carbons (Fsp3) is 0.263. The Morgan fingerprint density at radius 3 is 2.58 bits per heavy atom. The summed E-state index contributed by atoms with van der Waals surface area (Å²) in [6, 6.07) is 9.32. The number of aryl methyl sites for hydroxylation is 1. The van der Waals surface area contributed by atoms with Crippen LogP contribution in [0.3, 0.4) is 0 Å². The predicted molar refractivity (Wildman–Crippen MR) is 101 cm³/mol. The zero-order valence-corrected chi connectivity index (χ0v) is 15.1. The summed E-state index contributed by atoms with van der Waals surface area (Å²) in [6.45, 7) is 3.92. The Labute approximate surface area is 152 Å². The Bertz CT molecular complexity index is 887. The van der Waals surface area contributed by atoms with Crippen LogP contribution >= 0.6 is 0 Å². The average molecular weight is 350 g/mol. The Morgan fingerprint density at radius 2 is 1.92 bits per heavy atom. The van der Waals surface area contributed by atoms with Gasteiger partial charge < -0.3 is 10.6 Å². The molecule has 0 bridgehead atoms. The number of aromatic amines is 1. The van der Waals surface area contributed by atoms with E-state index in [1.165, 1.54) is 0 Å². The zero-order valence-electron chi connectivity index (χ0n) is 15.1. The van der Waals surface area contributed by atoms with Crippen molar-refractivity contribution in [2.45, 2.75) is 26.3 Å².